The third-order valence-corrected chi connectivity index (χ3v) is 6.70. The number of amides is 1. The predicted molar refractivity (Wildman–Crippen MR) is 149 cm³/mol. The van der Waals surface area contributed by atoms with Gasteiger partial charge in [-0.15, -0.1) is 0 Å². The van der Waals surface area contributed by atoms with Crippen LogP contribution in [-0.2, 0) is 4.79 Å². The molecule has 2 aromatic heterocycles. The summed E-state index contributed by atoms with van der Waals surface area (Å²) in [4.78, 5) is 42.7. The van der Waals surface area contributed by atoms with Crippen molar-refractivity contribution < 1.29 is 14.1 Å². The summed E-state index contributed by atoms with van der Waals surface area (Å²) in [7, 11) is 0. The number of Topliss-reactive ketones (excluding diaryl/α,β-unsaturated/α-hetero) is 1. The maximum absolute atomic E-state index is 12.6. The number of nitrogens with one attached hydrogen (secondary N) is 2. The fourth-order valence-corrected chi connectivity index (χ4v) is 4.96. The zero-order valence-corrected chi connectivity index (χ0v) is 21.9. The lowest BCUT2D eigenvalue weighted by molar-refractivity contribution is -0.115. The van der Waals surface area contributed by atoms with E-state index in [-0.39, 0.29) is 42.2 Å². The molecule has 15 heteroatoms. The summed E-state index contributed by atoms with van der Waals surface area (Å²) >= 11 is 0. The first-order valence-electron chi connectivity index (χ1n) is 13.1. The minimum absolute atomic E-state index is 0.0969. The highest BCUT2D eigenvalue weighted by atomic mass is 16.5. The highest BCUT2D eigenvalue weighted by Gasteiger charge is 2.28. The van der Waals surface area contributed by atoms with Crippen molar-refractivity contribution in [3.8, 4) is 0 Å². The largest absolute Gasteiger partial charge is 0.363 e. The monoisotopic (exact) mass is 550 g/mol. The van der Waals surface area contributed by atoms with E-state index in [2.05, 4.69) is 30.3 Å². The van der Waals surface area contributed by atoms with Crippen molar-refractivity contribution in [1.29, 1.82) is 0 Å². The molecule has 2 fully saturated rings. The van der Waals surface area contributed by atoms with Crippen molar-refractivity contribution in [2.45, 2.75) is 43.4 Å². The van der Waals surface area contributed by atoms with Gasteiger partial charge in [-0.3, -0.25) is 9.59 Å². The van der Waals surface area contributed by atoms with E-state index < -0.39 is 5.91 Å². The van der Waals surface area contributed by atoms with E-state index in [0.29, 0.717) is 55.3 Å². The molecule has 0 unspecified atom stereocenters. The number of ketones is 1. The Morgan fingerprint density at radius 2 is 1.38 bits per heavy atom. The lowest BCUT2D eigenvalue weighted by atomic mass is 10.0. The van der Waals surface area contributed by atoms with Crippen LogP contribution in [0, 0.1) is 0 Å². The van der Waals surface area contributed by atoms with Gasteiger partial charge in [-0.1, -0.05) is 5.16 Å². The molecule has 15 nitrogen and oxygen atoms in total. The number of aromatic nitrogens is 4. The number of carbonyl (C=O) groups excluding carboxylic acids is 2. The van der Waals surface area contributed by atoms with E-state index in [1.165, 1.54) is 12.3 Å². The average molecular weight is 551 g/mol. The fourth-order valence-electron chi connectivity index (χ4n) is 4.96. The second-order valence-electron chi connectivity index (χ2n) is 10.3. The zero-order chi connectivity index (χ0) is 28.2. The molecular weight excluding hydrogens is 516 g/mol. The summed E-state index contributed by atoms with van der Waals surface area (Å²) in [5.74, 6) is 0.641. The van der Waals surface area contributed by atoms with Crippen LogP contribution in [-0.4, -0.2) is 82.1 Å². The van der Waals surface area contributed by atoms with Crippen molar-refractivity contribution in [2.75, 3.05) is 46.6 Å². The summed E-state index contributed by atoms with van der Waals surface area (Å²) in [6.45, 7) is 2.26. The lowest BCUT2D eigenvalue weighted by Crippen LogP contribution is -2.54. The molecule has 1 aromatic carbocycles. The molecule has 0 spiro atoms. The third kappa shape index (κ3) is 6.87. The molecule has 40 heavy (non-hydrogen) atoms. The predicted octanol–water partition coefficient (Wildman–Crippen LogP) is -0.456. The molecule has 1 amide bonds. The van der Waals surface area contributed by atoms with E-state index >= 15 is 0 Å². The van der Waals surface area contributed by atoms with Crippen LogP contribution in [0.5, 0.6) is 0 Å². The Labute approximate surface area is 230 Å². The van der Waals surface area contributed by atoms with Crippen molar-refractivity contribution in [3.63, 3.8) is 0 Å². The van der Waals surface area contributed by atoms with Gasteiger partial charge in [0.25, 0.3) is 0 Å². The van der Waals surface area contributed by atoms with Gasteiger partial charge in [0.05, 0.1) is 6.42 Å². The molecule has 10 N–H and O–H groups in total. The number of benzene rings is 1. The number of nitrogens with zero attached hydrogens (tertiary/aromatic N) is 6. The highest BCUT2D eigenvalue weighted by molar-refractivity contribution is 6.10. The standard InChI is InChI=1S/C25H34N12O3/c26-15-7-16(27)11-36(10-15)24-32-23(33-25(34-24)37-12-17(28)8-18(29)13-37)30-19-3-1-14(2-4-19)20(38)9-22(39)31-21-5-6-40-35-21/h1-6,15-18H,7-13,26-29H2,(H,31,35,39)(H,30,32,33,34)/t15-,16+,17-,18+. The van der Waals surface area contributed by atoms with Gasteiger partial charge in [-0.25, -0.2) is 0 Å². The molecule has 212 valence electrons. The second-order valence-corrected chi connectivity index (χ2v) is 10.3. The first kappa shape index (κ1) is 27.4. The van der Waals surface area contributed by atoms with E-state index in [1.807, 2.05) is 9.80 Å². The van der Waals surface area contributed by atoms with E-state index in [0.717, 1.165) is 12.8 Å². The number of nitrogens with two attached hydrogens (primary N) is 4. The van der Waals surface area contributed by atoms with Crippen LogP contribution in [0.3, 0.4) is 0 Å². The van der Waals surface area contributed by atoms with Crippen LogP contribution < -0.4 is 43.4 Å². The summed E-state index contributed by atoms with van der Waals surface area (Å²) in [5, 5.41) is 9.30. The van der Waals surface area contributed by atoms with Gasteiger partial charge in [0.1, 0.15) is 6.26 Å². The molecule has 3 aromatic rings. The first-order chi connectivity index (χ1) is 19.2. The van der Waals surface area contributed by atoms with Gasteiger partial charge in [0.2, 0.25) is 23.8 Å². The first-order valence-corrected chi connectivity index (χ1v) is 13.1. The SMILES string of the molecule is N[C@@H]1C[C@H](N)CN(c2nc(Nc3ccc(C(=O)CC(=O)Nc4ccon4)cc3)nc(N3C[C@H](N)C[C@H](N)C3)n2)C1. The number of hydrogen-bond donors (Lipinski definition) is 6. The van der Waals surface area contributed by atoms with Crippen LogP contribution in [0.1, 0.15) is 29.6 Å². The second kappa shape index (κ2) is 11.9. The van der Waals surface area contributed by atoms with Gasteiger partial charge in [0, 0.05) is 67.7 Å². The summed E-state index contributed by atoms with van der Waals surface area (Å²) < 4.78 is 4.67. The van der Waals surface area contributed by atoms with Gasteiger partial charge in [-0.05, 0) is 37.1 Å². The maximum atomic E-state index is 12.6. The minimum Gasteiger partial charge on any atom is -0.363 e. The fraction of sp³-hybridized carbons (Fsp3) is 0.440. The van der Waals surface area contributed by atoms with Crippen LogP contribution in [0.4, 0.5) is 29.4 Å². The molecule has 0 aliphatic carbocycles. The molecule has 4 heterocycles. The molecule has 2 saturated heterocycles. The minimum atomic E-state index is -0.486. The number of carbonyl (C=O) groups is 2. The van der Waals surface area contributed by atoms with Crippen molar-refractivity contribution >= 4 is 41.0 Å². The van der Waals surface area contributed by atoms with Crippen LogP contribution in [0.25, 0.3) is 0 Å². The van der Waals surface area contributed by atoms with Gasteiger partial charge in [-0.2, -0.15) is 15.0 Å². The third-order valence-electron chi connectivity index (χ3n) is 6.70. The Hall–Kier alpha value is -4.18. The Kier molecular flexibility index (Phi) is 8.16. The van der Waals surface area contributed by atoms with Crippen LogP contribution in [0.15, 0.2) is 41.1 Å². The van der Waals surface area contributed by atoms with Gasteiger partial charge < -0.3 is 47.9 Å². The van der Waals surface area contributed by atoms with E-state index in [4.69, 9.17) is 27.9 Å². The molecule has 2 aliphatic heterocycles. The molecule has 5 rings (SSSR count). The Morgan fingerprint density at radius 1 is 0.825 bits per heavy atom. The van der Waals surface area contributed by atoms with E-state index in [1.54, 1.807) is 24.3 Å². The summed E-state index contributed by atoms with van der Waals surface area (Å²) in [5.41, 5.74) is 25.9. The van der Waals surface area contributed by atoms with Crippen molar-refractivity contribution in [1.82, 2.24) is 20.1 Å². The van der Waals surface area contributed by atoms with Gasteiger partial charge >= 0.3 is 0 Å². The Morgan fingerprint density at radius 3 is 1.88 bits per heavy atom. The average Bonchev–Trinajstić information content (AvgIpc) is 3.40. The number of rotatable bonds is 8. The van der Waals surface area contributed by atoms with Crippen molar-refractivity contribution in [3.05, 3.63) is 42.2 Å². The lowest BCUT2D eigenvalue weighted by Gasteiger charge is -2.37. The Bertz CT molecular complexity index is 1250. The molecule has 2 aliphatic rings. The molecule has 0 bridgehead atoms. The molecule has 0 radical (unpaired) electrons. The number of piperidine rings is 2. The smallest absolute Gasteiger partial charge is 0.233 e. The molecular formula is C25H34N12O3. The highest BCUT2D eigenvalue weighted by Crippen LogP contribution is 2.24. The van der Waals surface area contributed by atoms with Gasteiger partial charge in [0.15, 0.2) is 11.6 Å². The Balaban J connectivity index is 1.33. The maximum Gasteiger partial charge on any atom is 0.233 e. The quantitative estimate of drug-likeness (QED) is 0.154. The number of hydrogen-bond acceptors (Lipinski definition) is 14. The number of anilines is 5. The normalized spacial score (nSPS) is 23.1. The zero-order valence-electron chi connectivity index (χ0n) is 21.9. The molecule has 4 atom stereocenters. The topological polar surface area (TPSA) is 233 Å². The van der Waals surface area contributed by atoms with E-state index in [9.17, 15) is 9.59 Å². The summed E-state index contributed by atoms with van der Waals surface area (Å²) in [6.07, 6.45) is 2.44. The molecule has 0 saturated carbocycles. The van der Waals surface area contributed by atoms with Crippen molar-refractivity contribution in [2.24, 2.45) is 22.9 Å². The van der Waals surface area contributed by atoms with Crippen LogP contribution >= 0.6 is 0 Å². The summed E-state index contributed by atoms with van der Waals surface area (Å²) in [6, 6.07) is 7.78. The van der Waals surface area contributed by atoms with Crippen LogP contribution in [0.2, 0.25) is 0 Å².